The van der Waals surface area contributed by atoms with Crippen molar-refractivity contribution in [1.29, 1.82) is 0 Å². The first-order chi connectivity index (χ1) is 8.83. The van der Waals surface area contributed by atoms with Gasteiger partial charge in [-0.1, -0.05) is 0 Å². The van der Waals surface area contributed by atoms with Gasteiger partial charge in [0, 0.05) is 43.2 Å². The Kier molecular flexibility index (Phi) is 4.50. The van der Waals surface area contributed by atoms with Gasteiger partial charge in [-0.25, -0.2) is 0 Å². The van der Waals surface area contributed by atoms with Crippen LogP contribution in [0, 0.1) is 5.92 Å². The van der Waals surface area contributed by atoms with E-state index < -0.39 is 0 Å². The molecule has 0 bridgehead atoms. The summed E-state index contributed by atoms with van der Waals surface area (Å²) in [5.41, 5.74) is 0. The molecular formula is C14H27N3S. The van der Waals surface area contributed by atoms with E-state index in [4.69, 9.17) is 0 Å². The maximum Gasteiger partial charge on any atom is 0.0285 e. The van der Waals surface area contributed by atoms with Crippen molar-refractivity contribution >= 4 is 11.8 Å². The van der Waals surface area contributed by atoms with Gasteiger partial charge in [0.15, 0.2) is 0 Å². The van der Waals surface area contributed by atoms with Crippen LogP contribution in [0.5, 0.6) is 0 Å². The molecule has 3 saturated heterocycles. The summed E-state index contributed by atoms with van der Waals surface area (Å²) in [6.07, 6.45) is 4.25. The summed E-state index contributed by atoms with van der Waals surface area (Å²) in [6, 6.07) is 1.62. The van der Waals surface area contributed by atoms with E-state index in [0.29, 0.717) is 0 Å². The Morgan fingerprint density at radius 2 is 2.22 bits per heavy atom. The highest BCUT2D eigenvalue weighted by Gasteiger charge is 2.34. The Morgan fingerprint density at radius 3 is 3.06 bits per heavy atom. The average Bonchev–Trinajstić information content (AvgIpc) is 2.40. The zero-order valence-corrected chi connectivity index (χ0v) is 12.4. The van der Waals surface area contributed by atoms with Gasteiger partial charge in [0.1, 0.15) is 0 Å². The van der Waals surface area contributed by atoms with Crippen molar-refractivity contribution in [3.63, 3.8) is 0 Å². The van der Waals surface area contributed by atoms with E-state index in [1.54, 1.807) is 0 Å². The molecule has 3 atom stereocenters. The number of fused-ring (bicyclic) bond motifs is 1. The molecule has 0 aromatic heterocycles. The number of hydrogen-bond acceptors (Lipinski definition) is 4. The fourth-order valence-corrected chi connectivity index (χ4v) is 4.88. The fourth-order valence-electron chi connectivity index (χ4n) is 3.94. The first kappa shape index (κ1) is 13.2. The van der Waals surface area contributed by atoms with Gasteiger partial charge in [0.25, 0.3) is 0 Å². The van der Waals surface area contributed by atoms with Crippen molar-refractivity contribution in [1.82, 2.24) is 15.1 Å². The van der Waals surface area contributed by atoms with Crippen LogP contribution >= 0.6 is 11.8 Å². The molecule has 3 fully saturated rings. The fraction of sp³-hybridized carbons (Fsp3) is 1.00. The van der Waals surface area contributed by atoms with Crippen molar-refractivity contribution in [2.45, 2.75) is 31.3 Å². The van der Waals surface area contributed by atoms with Crippen LogP contribution in [0.4, 0.5) is 0 Å². The lowest BCUT2D eigenvalue weighted by Crippen LogP contribution is -2.55. The molecule has 3 unspecified atom stereocenters. The zero-order valence-electron chi connectivity index (χ0n) is 11.6. The molecule has 0 saturated carbocycles. The number of nitrogens with one attached hydrogen (secondary N) is 1. The van der Waals surface area contributed by atoms with Crippen LogP contribution in [0.15, 0.2) is 0 Å². The normalized spacial score (nSPS) is 39.5. The summed E-state index contributed by atoms with van der Waals surface area (Å²) >= 11 is 2.12. The Balaban J connectivity index is 1.50. The molecule has 0 spiro atoms. The smallest absolute Gasteiger partial charge is 0.0285 e. The first-order valence-electron chi connectivity index (χ1n) is 7.56. The quantitative estimate of drug-likeness (QED) is 0.809. The van der Waals surface area contributed by atoms with E-state index in [1.807, 2.05) is 0 Å². The summed E-state index contributed by atoms with van der Waals surface area (Å²) in [5, 5.41) is 3.67. The summed E-state index contributed by atoms with van der Waals surface area (Å²) in [4.78, 5) is 5.34. The van der Waals surface area contributed by atoms with Gasteiger partial charge in [-0.05, 0) is 45.3 Å². The molecule has 3 rings (SSSR count). The molecule has 0 aromatic carbocycles. The Bertz CT molecular complexity index is 268. The highest BCUT2D eigenvalue weighted by molar-refractivity contribution is 7.99. The highest BCUT2D eigenvalue weighted by atomic mass is 32.2. The Hall–Kier alpha value is 0.230. The lowest BCUT2D eigenvalue weighted by atomic mass is 9.84. The van der Waals surface area contributed by atoms with Gasteiger partial charge in [0.05, 0.1) is 0 Å². The van der Waals surface area contributed by atoms with E-state index in [9.17, 15) is 0 Å². The van der Waals surface area contributed by atoms with Gasteiger partial charge < -0.3 is 15.1 Å². The third kappa shape index (κ3) is 3.03. The zero-order chi connectivity index (χ0) is 12.4. The summed E-state index contributed by atoms with van der Waals surface area (Å²) in [7, 11) is 2.33. The lowest BCUT2D eigenvalue weighted by Gasteiger charge is -2.46. The first-order valence-corrected chi connectivity index (χ1v) is 8.72. The number of rotatable bonds is 2. The molecule has 3 aliphatic rings. The predicted octanol–water partition coefficient (Wildman–Crippen LogP) is 1.11. The number of nitrogens with zero attached hydrogens (tertiary/aromatic N) is 2. The molecular weight excluding hydrogens is 242 g/mol. The maximum atomic E-state index is 3.67. The number of thioether (sulfide) groups is 1. The molecule has 4 heteroatoms. The molecule has 18 heavy (non-hydrogen) atoms. The predicted molar refractivity (Wildman–Crippen MR) is 79.3 cm³/mol. The van der Waals surface area contributed by atoms with E-state index in [1.165, 1.54) is 63.5 Å². The van der Waals surface area contributed by atoms with Gasteiger partial charge in [-0.15, -0.1) is 0 Å². The lowest BCUT2D eigenvalue weighted by molar-refractivity contribution is 0.0358. The molecule has 3 nitrogen and oxygen atoms in total. The van der Waals surface area contributed by atoms with Gasteiger partial charge in [0.2, 0.25) is 0 Å². The van der Waals surface area contributed by atoms with Gasteiger partial charge >= 0.3 is 0 Å². The van der Waals surface area contributed by atoms with Crippen LogP contribution in [0.2, 0.25) is 0 Å². The summed E-state index contributed by atoms with van der Waals surface area (Å²) in [5.74, 6) is 3.55. The molecule has 0 aromatic rings. The Morgan fingerprint density at radius 1 is 1.28 bits per heavy atom. The maximum absolute atomic E-state index is 3.67. The molecule has 3 heterocycles. The standard InChI is InChI=1S/C14H27N3S/c1-16-6-2-3-12-9-17(7-4-14(12)16)10-13-11-18-8-5-15-13/h12-15H,2-11H2,1H3. The van der Waals surface area contributed by atoms with Gasteiger partial charge in [-0.3, -0.25) is 0 Å². The van der Waals surface area contributed by atoms with Crippen molar-refractivity contribution < 1.29 is 0 Å². The third-order valence-corrected chi connectivity index (χ3v) is 6.04. The molecule has 1 N–H and O–H groups in total. The summed E-state index contributed by atoms with van der Waals surface area (Å²) < 4.78 is 0. The van der Waals surface area contributed by atoms with Crippen LogP contribution < -0.4 is 5.32 Å². The topological polar surface area (TPSA) is 18.5 Å². The third-order valence-electron chi connectivity index (χ3n) is 4.91. The number of likely N-dealkylation sites (tertiary alicyclic amines) is 2. The average molecular weight is 269 g/mol. The minimum absolute atomic E-state index is 0.738. The van der Waals surface area contributed by atoms with Crippen LogP contribution in [0.25, 0.3) is 0 Å². The highest BCUT2D eigenvalue weighted by Crippen LogP contribution is 2.29. The second-order valence-electron chi connectivity index (χ2n) is 6.22. The van der Waals surface area contributed by atoms with Gasteiger partial charge in [-0.2, -0.15) is 11.8 Å². The van der Waals surface area contributed by atoms with E-state index in [0.717, 1.165) is 18.0 Å². The minimum atomic E-state index is 0.738. The van der Waals surface area contributed by atoms with Crippen molar-refractivity contribution in [3.05, 3.63) is 0 Å². The molecule has 3 aliphatic heterocycles. The van der Waals surface area contributed by atoms with E-state index in [-0.39, 0.29) is 0 Å². The van der Waals surface area contributed by atoms with E-state index >= 15 is 0 Å². The van der Waals surface area contributed by atoms with Crippen LogP contribution in [0.1, 0.15) is 19.3 Å². The van der Waals surface area contributed by atoms with Crippen molar-refractivity contribution in [2.24, 2.45) is 5.92 Å². The second-order valence-corrected chi connectivity index (χ2v) is 7.37. The second kappa shape index (κ2) is 6.12. The largest absolute Gasteiger partial charge is 0.311 e. The van der Waals surface area contributed by atoms with Crippen molar-refractivity contribution in [2.75, 3.05) is 51.3 Å². The monoisotopic (exact) mass is 269 g/mol. The Labute approximate surface area is 116 Å². The molecule has 104 valence electrons. The summed E-state index contributed by atoms with van der Waals surface area (Å²) in [6.45, 7) is 6.46. The van der Waals surface area contributed by atoms with E-state index in [2.05, 4.69) is 33.9 Å². The minimum Gasteiger partial charge on any atom is -0.311 e. The van der Waals surface area contributed by atoms with Crippen LogP contribution in [-0.4, -0.2) is 73.2 Å². The molecule has 0 amide bonds. The molecule has 0 radical (unpaired) electrons. The molecule has 0 aliphatic carbocycles. The van der Waals surface area contributed by atoms with Crippen molar-refractivity contribution in [3.8, 4) is 0 Å². The van der Waals surface area contributed by atoms with Crippen LogP contribution in [-0.2, 0) is 0 Å². The number of piperidine rings is 2. The SMILES string of the molecule is CN1CCCC2CN(CC3CSCCN3)CCC21. The van der Waals surface area contributed by atoms with Crippen LogP contribution in [0.3, 0.4) is 0 Å². The number of hydrogen-bond donors (Lipinski definition) is 1.